The van der Waals surface area contributed by atoms with E-state index in [9.17, 15) is 8.42 Å². The lowest BCUT2D eigenvalue weighted by molar-refractivity contribution is 0.415. The molecule has 1 rings (SSSR count). The molecule has 5 heteroatoms. The molecule has 1 aliphatic rings. The van der Waals surface area contributed by atoms with Gasteiger partial charge in [0.2, 0.25) is 0 Å². The van der Waals surface area contributed by atoms with Gasteiger partial charge in [-0.1, -0.05) is 19.3 Å². The molecule has 1 saturated carbocycles. The first kappa shape index (κ1) is 9.35. The average Bonchev–Trinajstić information content (AvgIpc) is 1.85. The van der Waals surface area contributed by atoms with Gasteiger partial charge in [0.15, 0.2) is 0 Å². The van der Waals surface area contributed by atoms with Crippen molar-refractivity contribution in [2.24, 2.45) is 0 Å². The lowest BCUT2D eigenvalue weighted by atomic mass is 9.96. The van der Waals surface area contributed by atoms with Gasteiger partial charge in [-0.05, 0) is 24.5 Å². The topological polar surface area (TPSA) is 46.2 Å². The van der Waals surface area contributed by atoms with Gasteiger partial charge in [0.05, 0.1) is 0 Å². The largest absolute Gasteiger partial charge is 0.262 e. The molecule has 3 nitrogen and oxygen atoms in total. The third-order valence-corrected chi connectivity index (χ3v) is 2.87. The first-order chi connectivity index (χ1) is 5.08. The quantitative estimate of drug-likeness (QED) is 0.511. The van der Waals surface area contributed by atoms with Crippen LogP contribution >= 0.6 is 11.7 Å². The predicted molar refractivity (Wildman–Crippen MR) is 47.9 cm³/mol. The van der Waals surface area contributed by atoms with Crippen LogP contribution in [0.25, 0.3) is 0 Å². The van der Waals surface area contributed by atoms with Crippen LogP contribution in [0.5, 0.6) is 0 Å². The molecule has 1 N–H and O–H groups in total. The summed E-state index contributed by atoms with van der Waals surface area (Å²) in [5, 5.41) is 0. The summed E-state index contributed by atoms with van der Waals surface area (Å²) in [7, 11) is -3.28. The number of nitrogens with one attached hydrogen (secondary N) is 1. The molecule has 0 atom stereocenters. The molecular formula is C6H13NO2S2. The van der Waals surface area contributed by atoms with Crippen molar-refractivity contribution >= 4 is 20.7 Å². The fourth-order valence-corrected chi connectivity index (χ4v) is 2.54. The molecule has 0 spiro atoms. The molecule has 11 heavy (non-hydrogen) atoms. The van der Waals surface area contributed by atoms with E-state index in [0.717, 1.165) is 25.7 Å². The summed E-state index contributed by atoms with van der Waals surface area (Å²) < 4.78 is 23.8. The van der Waals surface area contributed by atoms with Crippen molar-refractivity contribution in [1.29, 1.82) is 0 Å². The molecule has 0 amide bonds. The summed E-state index contributed by atoms with van der Waals surface area (Å²) >= 11 is 3.43. The second-order valence-electron chi connectivity index (χ2n) is 2.93. The van der Waals surface area contributed by atoms with Crippen molar-refractivity contribution in [3.8, 4) is 0 Å². The lowest BCUT2D eigenvalue weighted by Gasteiger charge is -2.20. The van der Waals surface area contributed by atoms with E-state index in [1.54, 1.807) is 0 Å². The molecule has 0 radical (unpaired) electrons. The van der Waals surface area contributed by atoms with Crippen molar-refractivity contribution in [3.05, 3.63) is 0 Å². The maximum atomic E-state index is 10.7. The van der Waals surface area contributed by atoms with Crippen molar-refractivity contribution < 1.29 is 8.42 Å². The zero-order valence-corrected chi connectivity index (χ0v) is 8.00. The lowest BCUT2D eigenvalue weighted by Crippen LogP contribution is -2.33. The standard InChI is InChI=1S/C6H13NO2S2/c8-11(9,10)7-6-4-2-1-3-5-6/h6-7H,1-5H2,(H,8,9,10). The maximum Gasteiger partial charge on any atom is 0.262 e. The Balaban J connectivity index is 2.36. The molecule has 0 bridgehead atoms. The van der Waals surface area contributed by atoms with Crippen molar-refractivity contribution in [3.63, 3.8) is 0 Å². The van der Waals surface area contributed by atoms with Crippen LogP contribution in [0, 0.1) is 0 Å². The highest BCUT2D eigenvalue weighted by Crippen LogP contribution is 2.18. The summed E-state index contributed by atoms with van der Waals surface area (Å²) in [5.74, 6) is 0. The summed E-state index contributed by atoms with van der Waals surface area (Å²) in [6.45, 7) is 0. The fourth-order valence-electron chi connectivity index (χ4n) is 1.43. The monoisotopic (exact) mass is 195 g/mol. The Kier molecular flexibility index (Phi) is 3.21. The number of hydrogen-bond acceptors (Lipinski definition) is 2. The molecule has 0 aromatic heterocycles. The van der Waals surface area contributed by atoms with Gasteiger partial charge >= 0.3 is 0 Å². The Morgan fingerprint density at radius 2 is 1.73 bits per heavy atom. The average molecular weight is 195 g/mol. The third kappa shape index (κ3) is 3.98. The molecule has 0 saturated heterocycles. The molecule has 1 aliphatic carbocycles. The molecule has 0 aromatic rings. The molecular weight excluding hydrogens is 182 g/mol. The van der Waals surface area contributed by atoms with E-state index in [0.29, 0.717) is 0 Å². The maximum absolute atomic E-state index is 10.7. The SMILES string of the molecule is O=S(=O)(S)NC1CCCCC1. The van der Waals surface area contributed by atoms with Gasteiger partial charge in [0.1, 0.15) is 0 Å². The Hall–Kier alpha value is 0.260. The Labute approximate surface area is 72.4 Å². The molecule has 0 aromatic carbocycles. The van der Waals surface area contributed by atoms with Crippen molar-refractivity contribution in [2.45, 2.75) is 38.1 Å². The predicted octanol–water partition coefficient (Wildman–Crippen LogP) is 1.08. The molecule has 0 aliphatic heterocycles. The van der Waals surface area contributed by atoms with Crippen LogP contribution in [0.2, 0.25) is 0 Å². The van der Waals surface area contributed by atoms with E-state index < -0.39 is 9.06 Å². The Bertz CT molecular complexity index is 207. The number of hydrogen-bond donors (Lipinski definition) is 2. The minimum Gasteiger partial charge on any atom is -0.203 e. The zero-order valence-electron chi connectivity index (χ0n) is 6.28. The van der Waals surface area contributed by atoms with Crippen LogP contribution in [0.15, 0.2) is 0 Å². The van der Waals surface area contributed by atoms with E-state index in [2.05, 4.69) is 16.4 Å². The Morgan fingerprint density at radius 3 is 2.18 bits per heavy atom. The second kappa shape index (κ2) is 3.78. The molecule has 0 unspecified atom stereocenters. The van der Waals surface area contributed by atoms with Gasteiger partial charge in [0, 0.05) is 6.04 Å². The van der Waals surface area contributed by atoms with Gasteiger partial charge in [-0.25, -0.2) is 13.1 Å². The zero-order chi connectivity index (χ0) is 8.32. The van der Waals surface area contributed by atoms with Crippen LogP contribution in [-0.2, 0) is 9.06 Å². The van der Waals surface area contributed by atoms with Gasteiger partial charge in [0.25, 0.3) is 9.06 Å². The number of thiol groups is 1. The first-order valence-corrected chi connectivity index (χ1v) is 6.36. The van der Waals surface area contributed by atoms with Gasteiger partial charge in [-0.2, -0.15) is 0 Å². The summed E-state index contributed by atoms with van der Waals surface area (Å²) in [4.78, 5) is 0. The Morgan fingerprint density at radius 1 is 1.18 bits per heavy atom. The van der Waals surface area contributed by atoms with Gasteiger partial charge in [-0.15, -0.1) is 0 Å². The van der Waals surface area contributed by atoms with Crippen LogP contribution in [-0.4, -0.2) is 14.5 Å². The van der Waals surface area contributed by atoms with E-state index in [-0.39, 0.29) is 6.04 Å². The second-order valence-corrected chi connectivity index (χ2v) is 5.56. The van der Waals surface area contributed by atoms with Crippen molar-refractivity contribution in [1.82, 2.24) is 4.72 Å². The smallest absolute Gasteiger partial charge is 0.203 e. The van der Waals surface area contributed by atoms with Gasteiger partial charge < -0.3 is 0 Å². The van der Waals surface area contributed by atoms with Crippen LogP contribution in [0.1, 0.15) is 32.1 Å². The summed E-state index contributed by atoms with van der Waals surface area (Å²) in [5.41, 5.74) is 0. The minimum atomic E-state index is -3.28. The first-order valence-electron chi connectivity index (χ1n) is 3.83. The van der Waals surface area contributed by atoms with Crippen LogP contribution < -0.4 is 4.72 Å². The fraction of sp³-hybridized carbons (Fsp3) is 1.00. The number of rotatable bonds is 2. The highest BCUT2D eigenvalue weighted by molar-refractivity contribution is 8.62. The highest BCUT2D eigenvalue weighted by Gasteiger charge is 2.16. The normalized spacial score (nSPS) is 21.9. The molecule has 1 fully saturated rings. The van der Waals surface area contributed by atoms with Gasteiger partial charge in [-0.3, -0.25) is 0 Å². The third-order valence-electron chi connectivity index (χ3n) is 1.92. The van der Waals surface area contributed by atoms with E-state index in [1.165, 1.54) is 6.42 Å². The van der Waals surface area contributed by atoms with Crippen LogP contribution in [0.4, 0.5) is 0 Å². The van der Waals surface area contributed by atoms with Crippen molar-refractivity contribution in [2.75, 3.05) is 0 Å². The minimum absolute atomic E-state index is 0.131. The van der Waals surface area contributed by atoms with E-state index >= 15 is 0 Å². The summed E-state index contributed by atoms with van der Waals surface area (Å²) in [6.07, 6.45) is 5.40. The van der Waals surface area contributed by atoms with E-state index in [1.807, 2.05) is 0 Å². The summed E-state index contributed by atoms with van der Waals surface area (Å²) in [6, 6.07) is 0.131. The molecule has 0 heterocycles. The highest BCUT2D eigenvalue weighted by atomic mass is 33.1. The van der Waals surface area contributed by atoms with E-state index in [4.69, 9.17) is 0 Å². The molecule has 66 valence electrons. The van der Waals surface area contributed by atoms with Crippen LogP contribution in [0.3, 0.4) is 0 Å².